The molecule has 0 aromatic heterocycles. The van der Waals surface area contributed by atoms with E-state index in [1.165, 1.54) is 0 Å². The monoisotopic (exact) mass is 552 g/mol. The van der Waals surface area contributed by atoms with Gasteiger partial charge in [0.25, 0.3) is 0 Å². The van der Waals surface area contributed by atoms with Gasteiger partial charge in [-0.05, 0) is 12.8 Å². The average Bonchev–Trinajstić information content (AvgIpc) is 2.52. The number of alkyl halides is 18. The Morgan fingerprint density at radius 2 is 0.559 bits per heavy atom. The quantitative estimate of drug-likeness (QED) is 0.265. The molecule has 0 bridgehead atoms. The number of hydrogen-bond acceptors (Lipinski definition) is 2. The molecule has 0 heterocycles. The van der Waals surface area contributed by atoms with E-state index >= 15 is 0 Å². The first kappa shape index (κ1) is 30.7. The smallest absolute Gasteiger partial charge is 0.318 e. The molecule has 1 rings (SSSR count). The lowest BCUT2D eigenvalue weighted by Crippen LogP contribution is -2.74. The second-order valence-electron chi connectivity index (χ2n) is 7.02. The van der Waals surface area contributed by atoms with Crippen LogP contribution >= 0.6 is 0 Å². The molecule has 0 N–H and O–H groups in total. The van der Waals surface area contributed by atoms with Crippen molar-refractivity contribution < 1.29 is 88.5 Å². The first-order valence-corrected chi connectivity index (χ1v) is 8.43. The van der Waals surface area contributed by atoms with Gasteiger partial charge < -0.3 is 9.47 Å². The van der Waals surface area contributed by atoms with E-state index in [1.807, 2.05) is 0 Å². The van der Waals surface area contributed by atoms with Gasteiger partial charge in [-0.15, -0.1) is 0 Å². The van der Waals surface area contributed by atoms with Crippen LogP contribution in [-0.2, 0) is 9.47 Å². The maximum Gasteiger partial charge on any atom is 0.435 e. The highest BCUT2D eigenvalue weighted by Gasteiger charge is 2.90. The molecule has 0 spiro atoms. The first-order valence-electron chi connectivity index (χ1n) is 8.43. The highest BCUT2D eigenvalue weighted by molar-refractivity contribution is 5.07. The molecule has 0 radical (unpaired) electrons. The van der Waals surface area contributed by atoms with E-state index in [1.54, 1.807) is 0 Å². The zero-order chi connectivity index (χ0) is 27.4. The molecule has 2 nitrogen and oxygen atoms in total. The summed E-state index contributed by atoms with van der Waals surface area (Å²) >= 11 is 0. The van der Waals surface area contributed by atoms with E-state index in [0.29, 0.717) is 0 Å². The standard InChI is InChI=1S/C14H10F18O2/c15-9(16,17)7(10(18,19)20,11(21,22)23)33-6(4-2-1-3-5-6)34-8(12(24,25)26,13(27,28)29)14(30,31)32/h1-5H2. The normalized spacial score (nSPS) is 19.9. The maximum atomic E-state index is 13.1. The predicted octanol–water partition coefficient (Wildman–Crippen LogP) is 7.53. The van der Waals surface area contributed by atoms with Crippen molar-refractivity contribution in [3.8, 4) is 0 Å². The zero-order valence-corrected chi connectivity index (χ0v) is 15.7. The molecule has 1 aliphatic rings. The van der Waals surface area contributed by atoms with Crippen LogP contribution in [0.25, 0.3) is 0 Å². The van der Waals surface area contributed by atoms with E-state index in [9.17, 15) is 79.0 Å². The van der Waals surface area contributed by atoms with Crippen LogP contribution in [0.4, 0.5) is 79.0 Å². The van der Waals surface area contributed by atoms with Crippen LogP contribution in [-0.4, -0.2) is 54.0 Å². The molecule has 1 aliphatic carbocycles. The van der Waals surface area contributed by atoms with Gasteiger partial charge >= 0.3 is 48.3 Å². The molecule has 34 heavy (non-hydrogen) atoms. The summed E-state index contributed by atoms with van der Waals surface area (Å²) < 4.78 is 242. The van der Waals surface area contributed by atoms with Gasteiger partial charge in [-0.25, -0.2) is 0 Å². The molecule has 0 amide bonds. The van der Waals surface area contributed by atoms with Gasteiger partial charge in [-0.2, -0.15) is 79.0 Å². The Labute approximate surface area is 176 Å². The fraction of sp³-hybridized carbons (Fsp3) is 1.00. The number of halogens is 18. The highest BCUT2D eigenvalue weighted by atomic mass is 19.4. The minimum atomic E-state index is -7.67. The molecule has 20 heteroatoms. The van der Waals surface area contributed by atoms with Crippen molar-refractivity contribution in [2.75, 3.05) is 0 Å². The summed E-state index contributed by atoms with van der Waals surface area (Å²) in [5.74, 6) is -4.93. The summed E-state index contributed by atoms with van der Waals surface area (Å²) in [5.41, 5.74) is -15.0. The molecule has 204 valence electrons. The van der Waals surface area contributed by atoms with Crippen molar-refractivity contribution in [1.29, 1.82) is 0 Å². The third-order valence-electron chi connectivity index (χ3n) is 4.69. The lowest BCUT2D eigenvalue weighted by Gasteiger charge is -2.50. The third-order valence-corrected chi connectivity index (χ3v) is 4.69. The Bertz CT molecular complexity index is 571. The Hall–Kier alpha value is -1.34. The van der Waals surface area contributed by atoms with Crippen LogP contribution in [0, 0.1) is 0 Å². The zero-order valence-electron chi connectivity index (χ0n) is 15.7. The van der Waals surface area contributed by atoms with Crippen molar-refractivity contribution >= 4 is 0 Å². The Kier molecular flexibility index (Phi) is 7.55. The second kappa shape index (κ2) is 8.36. The molecule has 1 fully saturated rings. The lowest BCUT2D eigenvalue weighted by molar-refractivity contribution is -0.538. The molecular weight excluding hydrogens is 542 g/mol. The molecular formula is C14H10F18O2. The molecule has 0 atom stereocenters. The van der Waals surface area contributed by atoms with Gasteiger partial charge in [0.1, 0.15) is 0 Å². The van der Waals surface area contributed by atoms with Crippen LogP contribution in [0.2, 0.25) is 0 Å². The van der Waals surface area contributed by atoms with Gasteiger partial charge in [0, 0.05) is 12.8 Å². The van der Waals surface area contributed by atoms with Crippen LogP contribution in [0.1, 0.15) is 32.1 Å². The maximum absolute atomic E-state index is 13.1. The SMILES string of the molecule is FC(F)(F)C(OC1(OC(C(F)(F)F)(C(F)(F)F)C(F)(F)F)CCCCC1)(C(F)(F)F)C(F)(F)F. The molecule has 1 saturated carbocycles. The Morgan fingerprint density at radius 1 is 0.353 bits per heavy atom. The summed E-state index contributed by atoms with van der Waals surface area (Å²) in [6, 6.07) is 0. The summed E-state index contributed by atoms with van der Waals surface area (Å²) in [7, 11) is 0. The van der Waals surface area contributed by atoms with Crippen LogP contribution in [0.3, 0.4) is 0 Å². The van der Waals surface area contributed by atoms with Gasteiger partial charge in [-0.1, -0.05) is 6.42 Å². The van der Waals surface area contributed by atoms with Gasteiger partial charge in [-0.3, -0.25) is 0 Å². The molecule has 0 saturated heterocycles. The molecule has 0 aliphatic heterocycles. The van der Waals surface area contributed by atoms with Crippen LogP contribution < -0.4 is 0 Å². The summed E-state index contributed by atoms with van der Waals surface area (Å²) in [6.07, 6.45) is -52.6. The highest BCUT2D eigenvalue weighted by Crippen LogP contribution is 2.61. The predicted molar refractivity (Wildman–Crippen MR) is 69.8 cm³/mol. The minimum absolute atomic E-state index is 0.428. The van der Waals surface area contributed by atoms with E-state index in [-0.39, 0.29) is 0 Å². The third kappa shape index (κ3) is 4.84. The number of ether oxygens (including phenoxy) is 2. The van der Waals surface area contributed by atoms with Gasteiger partial charge in [0.05, 0.1) is 0 Å². The largest absolute Gasteiger partial charge is 0.435 e. The number of rotatable bonds is 4. The van der Waals surface area contributed by atoms with E-state index < -0.39 is 86.2 Å². The summed E-state index contributed by atoms with van der Waals surface area (Å²) in [5, 5.41) is 0. The fourth-order valence-corrected chi connectivity index (χ4v) is 3.18. The van der Waals surface area contributed by atoms with Crippen molar-refractivity contribution in [3.63, 3.8) is 0 Å². The van der Waals surface area contributed by atoms with E-state index in [4.69, 9.17) is 0 Å². The van der Waals surface area contributed by atoms with E-state index in [2.05, 4.69) is 9.47 Å². The summed E-state index contributed by atoms with van der Waals surface area (Å²) in [6.45, 7) is 0. The first-order chi connectivity index (χ1) is 14.6. The van der Waals surface area contributed by atoms with Crippen molar-refractivity contribution in [2.24, 2.45) is 0 Å². The van der Waals surface area contributed by atoms with Crippen molar-refractivity contribution in [3.05, 3.63) is 0 Å². The number of hydrogen-bond donors (Lipinski definition) is 0. The topological polar surface area (TPSA) is 18.5 Å². The molecule has 0 aromatic carbocycles. The molecule has 0 unspecified atom stereocenters. The Morgan fingerprint density at radius 3 is 0.735 bits per heavy atom. The van der Waals surface area contributed by atoms with Crippen molar-refractivity contribution in [1.82, 2.24) is 0 Å². The van der Waals surface area contributed by atoms with Crippen LogP contribution in [0.5, 0.6) is 0 Å². The minimum Gasteiger partial charge on any atom is -0.318 e. The van der Waals surface area contributed by atoms with Gasteiger partial charge in [0.2, 0.25) is 0 Å². The lowest BCUT2D eigenvalue weighted by atomic mass is 9.90. The van der Waals surface area contributed by atoms with Crippen molar-refractivity contribution in [2.45, 2.75) is 86.2 Å². The van der Waals surface area contributed by atoms with E-state index in [0.717, 1.165) is 0 Å². The molecule has 0 aromatic rings. The van der Waals surface area contributed by atoms with Crippen LogP contribution in [0.15, 0.2) is 0 Å². The summed E-state index contributed by atoms with van der Waals surface area (Å²) in [4.78, 5) is 0. The second-order valence-corrected chi connectivity index (χ2v) is 7.02. The van der Waals surface area contributed by atoms with Gasteiger partial charge in [0.15, 0.2) is 5.79 Å². The average molecular weight is 552 g/mol. The Balaban J connectivity index is 4.01. The fourth-order valence-electron chi connectivity index (χ4n) is 3.18.